The van der Waals surface area contributed by atoms with Gasteiger partial charge in [0, 0.05) is 18.3 Å². The number of ether oxygens (including phenoxy) is 1. The van der Waals surface area contributed by atoms with E-state index in [1.54, 1.807) is 19.1 Å². The van der Waals surface area contributed by atoms with Gasteiger partial charge in [-0.1, -0.05) is 30.3 Å². The van der Waals surface area contributed by atoms with Crippen LogP contribution in [0.2, 0.25) is 0 Å². The standard InChI is InChI=1S/C17H16N2O2/c1-19-15-6-4-3-5-14(15)17(18-11-16(19)20)12-7-9-13(21-2)10-8-12/h3-11,17H,1-2H3. The second kappa shape index (κ2) is 5.40. The molecule has 1 atom stereocenters. The number of hydrogen-bond donors (Lipinski definition) is 0. The molecule has 0 aliphatic carbocycles. The monoisotopic (exact) mass is 280 g/mol. The van der Waals surface area contributed by atoms with Crippen molar-refractivity contribution in [3.63, 3.8) is 0 Å². The molecule has 0 bridgehead atoms. The molecule has 0 aromatic heterocycles. The number of hydrogen-bond acceptors (Lipinski definition) is 3. The van der Waals surface area contributed by atoms with E-state index in [1.807, 2.05) is 48.5 Å². The van der Waals surface area contributed by atoms with E-state index in [1.165, 1.54) is 6.21 Å². The maximum Gasteiger partial charge on any atom is 0.268 e. The predicted octanol–water partition coefficient (Wildman–Crippen LogP) is 2.83. The Bertz CT molecular complexity index is 692. The number of para-hydroxylation sites is 1. The van der Waals surface area contributed by atoms with Gasteiger partial charge in [0.05, 0.1) is 13.3 Å². The van der Waals surface area contributed by atoms with Crippen LogP contribution in [0.4, 0.5) is 5.69 Å². The molecule has 1 heterocycles. The minimum absolute atomic E-state index is 0.113. The topological polar surface area (TPSA) is 41.9 Å². The third-order valence-corrected chi connectivity index (χ3v) is 3.69. The SMILES string of the molecule is COc1ccc(C2N=CC(=O)N(C)c3ccccc32)cc1. The highest BCUT2D eigenvalue weighted by atomic mass is 16.5. The van der Waals surface area contributed by atoms with Gasteiger partial charge in [0.25, 0.3) is 5.91 Å². The molecular formula is C17H16N2O2. The smallest absolute Gasteiger partial charge is 0.268 e. The van der Waals surface area contributed by atoms with E-state index in [9.17, 15) is 4.79 Å². The third-order valence-electron chi connectivity index (χ3n) is 3.69. The van der Waals surface area contributed by atoms with Gasteiger partial charge in [0.15, 0.2) is 0 Å². The maximum absolute atomic E-state index is 12.0. The average Bonchev–Trinajstić information content (AvgIpc) is 2.66. The van der Waals surface area contributed by atoms with Crippen LogP contribution in [0.25, 0.3) is 0 Å². The van der Waals surface area contributed by atoms with E-state index in [0.717, 1.165) is 22.6 Å². The van der Waals surface area contributed by atoms with Gasteiger partial charge in [-0.15, -0.1) is 0 Å². The summed E-state index contributed by atoms with van der Waals surface area (Å²) in [5.74, 6) is 0.691. The lowest BCUT2D eigenvalue weighted by atomic mass is 9.97. The van der Waals surface area contributed by atoms with Gasteiger partial charge in [-0.25, -0.2) is 0 Å². The van der Waals surface area contributed by atoms with Crippen molar-refractivity contribution in [1.82, 2.24) is 0 Å². The molecule has 0 fully saturated rings. The first-order valence-corrected chi connectivity index (χ1v) is 6.74. The van der Waals surface area contributed by atoms with Crippen LogP contribution in [0.5, 0.6) is 5.75 Å². The van der Waals surface area contributed by atoms with Gasteiger partial charge in [-0.3, -0.25) is 9.79 Å². The Kier molecular flexibility index (Phi) is 3.44. The molecule has 21 heavy (non-hydrogen) atoms. The second-order valence-corrected chi connectivity index (χ2v) is 4.91. The lowest BCUT2D eigenvalue weighted by Crippen LogP contribution is -2.26. The van der Waals surface area contributed by atoms with Crippen LogP contribution in [-0.4, -0.2) is 26.3 Å². The van der Waals surface area contributed by atoms with E-state index >= 15 is 0 Å². The number of benzene rings is 2. The molecule has 0 saturated heterocycles. The number of amides is 1. The van der Waals surface area contributed by atoms with Gasteiger partial charge in [-0.2, -0.15) is 0 Å². The molecule has 0 saturated carbocycles. The zero-order valence-corrected chi connectivity index (χ0v) is 12.0. The quantitative estimate of drug-likeness (QED) is 0.849. The summed E-state index contributed by atoms with van der Waals surface area (Å²) in [5.41, 5.74) is 2.94. The lowest BCUT2D eigenvalue weighted by Gasteiger charge is -2.19. The fourth-order valence-electron chi connectivity index (χ4n) is 2.50. The first-order valence-electron chi connectivity index (χ1n) is 6.74. The van der Waals surface area contributed by atoms with Gasteiger partial charge in [0.1, 0.15) is 11.8 Å². The Morgan fingerprint density at radius 1 is 1.10 bits per heavy atom. The number of methoxy groups -OCH3 is 1. The molecule has 0 spiro atoms. The van der Waals surface area contributed by atoms with Crippen molar-refractivity contribution >= 4 is 17.8 Å². The minimum atomic E-state index is -0.180. The highest BCUT2D eigenvalue weighted by molar-refractivity contribution is 6.33. The fraction of sp³-hybridized carbons (Fsp3) is 0.176. The Morgan fingerprint density at radius 3 is 2.52 bits per heavy atom. The van der Waals surface area contributed by atoms with Crippen molar-refractivity contribution in [2.75, 3.05) is 19.1 Å². The number of nitrogens with zero attached hydrogens (tertiary/aromatic N) is 2. The fourth-order valence-corrected chi connectivity index (χ4v) is 2.50. The van der Waals surface area contributed by atoms with Gasteiger partial charge >= 0.3 is 0 Å². The molecule has 1 amide bonds. The number of aliphatic imine (C=N–C) groups is 1. The van der Waals surface area contributed by atoms with E-state index in [-0.39, 0.29) is 11.9 Å². The molecule has 1 unspecified atom stereocenters. The van der Waals surface area contributed by atoms with Gasteiger partial charge in [-0.05, 0) is 23.8 Å². The Hall–Kier alpha value is -2.62. The van der Waals surface area contributed by atoms with Crippen molar-refractivity contribution in [1.29, 1.82) is 0 Å². The summed E-state index contributed by atoms with van der Waals surface area (Å²) in [5, 5.41) is 0. The third kappa shape index (κ3) is 2.40. The summed E-state index contributed by atoms with van der Waals surface area (Å²) in [4.78, 5) is 18.1. The van der Waals surface area contributed by atoms with E-state index in [0.29, 0.717) is 0 Å². The predicted molar refractivity (Wildman–Crippen MR) is 83.2 cm³/mol. The summed E-state index contributed by atoms with van der Waals surface area (Å²) >= 11 is 0. The summed E-state index contributed by atoms with van der Waals surface area (Å²) in [6.07, 6.45) is 1.40. The number of carbonyl (C=O) groups excluding carboxylic acids is 1. The van der Waals surface area contributed by atoms with Crippen LogP contribution in [0, 0.1) is 0 Å². The summed E-state index contributed by atoms with van der Waals surface area (Å²) in [7, 11) is 3.41. The molecule has 0 radical (unpaired) electrons. The second-order valence-electron chi connectivity index (χ2n) is 4.91. The summed E-state index contributed by atoms with van der Waals surface area (Å²) < 4.78 is 5.18. The zero-order chi connectivity index (χ0) is 14.8. The van der Waals surface area contributed by atoms with E-state index < -0.39 is 0 Å². The van der Waals surface area contributed by atoms with E-state index in [4.69, 9.17) is 4.74 Å². The van der Waals surface area contributed by atoms with Crippen molar-refractivity contribution in [2.45, 2.75) is 6.04 Å². The van der Waals surface area contributed by atoms with Crippen molar-refractivity contribution < 1.29 is 9.53 Å². The molecule has 2 aromatic rings. The van der Waals surface area contributed by atoms with E-state index in [2.05, 4.69) is 4.99 Å². The molecule has 106 valence electrons. The Morgan fingerprint density at radius 2 is 1.81 bits per heavy atom. The number of anilines is 1. The molecule has 4 heteroatoms. The number of rotatable bonds is 2. The summed E-state index contributed by atoms with van der Waals surface area (Å²) in [6, 6.07) is 15.4. The molecule has 0 N–H and O–H groups in total. The van der Waals surface area contributed by atoms with Crippen LogP contribution >= 0.6 is 0 Å². The molecule has 1 aliphatic rings. The van der Waals surface area contributed by atoms with Gasteiger partial charge in [0.2, 0.25) is 0 Å². The number of fused-ring (bicyclic) bond motifs is 1. The lowest BCUT2D eigenvalue weighted by molar-refractivity contribution is -0.111. The maximum atomic E-state index is 12.0. The van der Waals surface area contributed by atoms with Crippen LogP contribution < -0.4 is 9.64 Å². The van der Waals surface area contributed by atoms with Gasteiger partial charge < -0.3 is 9.64 Å². The van der Waals surface area contributed by atoms with Crippen molar-refractivity contribution in [3.8, 4) is 5.75 Å². The molecule has 1 aliphatic heterocycles. The average molecular weight is 280 g/mol. The first-order chi connectivity index (χ1) is 10.2. The largest absolute Gasteiger partial charge is 0.497 e. The summed E-state index contributed by atoms with van der Waals surface area (Å²) in [6.45, 7) is 0. The van der Waals surface area contributed by atoms with Crippen LogP contribution in [0.3, 0.4) is 0 Å². The molecule has 2 aromatic carbocycles. The number of carbonyl (C=O) groups is 1. The molecule has 4 nitrogen and oxygen atoms in total. The Labute approximate surface area is 123 Å². The zero-order valence-electron chi connectivity index (χ0n) is 12.0. The van der Waals surface area contributed by atoms with Crippen molar-refractivity contribution in [2.24, 2.45) is 4.99 Å². The normalized spacial score (nSPS) is 17.3. The Balaban J connectivity index is 2.10. The van der Waals surface area contributed by atoms with Crippen LogP contribution in [0.15, 0.2) is 53.5 Å². The van der Waals surface area contributed by atoms with Crippen molar-refractivity contribution in [3.05, 3.63) is 59.7 Å². The van der Waals surface area contributed by atoms with Crippen LogP contribution in [-0.2, 0) is 4.79 Å². The molecular weight excluding hydrogens is 264 g/mol. The van der Waals surface area contributed by atoms with Crippen LogP contribution in [0.1, 0.15) is 17.2 Å². The highest BCUT2D eigenvalue weighted by Crippen LogP contribution is 2.35. The first kappa shape index (κ1) is 13.4. The molecule has 3 rings (SSSR count). The minimum Gasteiger partial charge on any atom is -0.497 e. The highest BCUT2D eigenvalue weighted by Gasteiger charge is 2.23.